The summed E-state index contributed by atoms with van der Waals surface area (Å²) in [5, 5.41) is 4.06. The van der Waals surface area contributed by atoms with Crippen LogP contribution in [0.25, 0.3) is 0 Å². The molecule has 0 atom stereocenters. The minimum atomic E-state index is -0.221. The molecule has 0 saturated heterocycles. The van der Waals surface area contributed by atoms with Crippen LogP contribution in [0.1, 0.15) is 88.1 Å². The Morgan fingerprint density at radius 3 is 1.56 bits per heavy atom. The van der Waals surface area contributed by atoms with Gasteiger partial charge in [0.15, 0.2) is 5.78 Å². The topological polar surface area (TPSA) is 60.4 Å². The number of hydrogen-bond acceptors (Lipinski definition) is 6. The molecule has 0 amide bonds. The average Bonchev–Trinajstić information content (AvgIpc) is 3.19. The van der Waals surface area contributed by atoms with Crippen molar-refractivity contribution in [3.05, 3.63) is 42.8 Å². The van der Waals surface area contributed by atoms with Gasteiger partial charge in [0, 0.05) is 0 Å². The molecule has 0 unspecified atom stereocenters. The average molecular weight is 411 g/mol. The van der Waals surface area contributed by atoms with Gasteiger partial charge in [-0.3, -0.25) is 4.79 Å². The summed E-state index contributed by atoms with van der Waals surface area (Å²) in [4.78, 5) is 32.2. The summed E-state index contributed by atoms with van der Waals surface area (Å²) in [7, 11) is 1.42. The van der Waals surface area contributed by atoms with Gasteiger partial charge in [0.2, 0.25) is 0 Å². The van der Waals surface area contributed by atoms with Crippen LogP contribution in [0.4, 0.5) is 0 Å². The Bertz CT molecular complexity index is 754. The van der Waals surface area contributed by atoms with E-state index in [0.29, 0.717) is 11.8 Å². The highest BCUT2D eigenvalue weighted by Gasteiger charge is 2.18. The van der Waals surface area contributed by atoms with Crippen LogP contribution in [-0.2, 0) is 9.53 Å². The van der Waals surface area contributed by atoms with Gasteiger partial charge >= 0.3 is 5.97 Å². The Labute approximate surface area is 170 Å². The smallest absolute Gasteiger partial charge is 0.348 e. The number of ether oxygens (including phenoxy) is 1. The third-order valence-electron chi connectivity index (χ3n) is 3.89. The number of rotatable bonds is 4. The second kappa shape index (κ2) is 11.8. The molecular formula is C21H30O4S2. The van der Waals surface area contributed by atoms with Crippen molar-refractivity contribution in [1.82, 2.24) is 0 Å². The first-order valence-corrected chi connectivity index (χ1v) is 10.4. The second-order valence-electron chi connectivity index (χ2n) is 6.68. The van der Waals surface area contributed by atoms with Crippen molar-refractivity contribution in [2.75, 3.05) is 7.11 Å². The highest BCUT2D eigenvalue weighted by atomic mass is 32.1. The Morgan fingerprint density at radius 1 is 0.889 bits per heavy atom. The lowest BCUT2D eigenvalue weighted by atomic mass is 9.99. The molecule has 0 aliphatic heterocycles. The molecular weight excluding hydrogens is 380 g/mol. The van der Waals surface area contributed by atoms with Gasteiger partial charge in [-0.2, -0.15) is 0 Å². The van der Waals surface area contributed by atoms with Gasteiger partial charge in [0.1, 0.15) is 11.7 Å². The molecule has 0 saturated carbocycles. The second-order valence-corrected chi connectivity index (χ2v) is 8.44. The monoisotopic (exact) mass is 410 g/mol. The highest BCUT2D eigenvalue weighted by molar-refractivity contribution is 7.12. The van der Waals surface area contributed by atoms with Crippen molar-refractivity contribution in [1.29, 1.82) is 0 Å². The normalized spacial score (nSPS) is 10.0. The number of aryl methyl sites for hydroxylation is 2. The molecule has 0 aromatic carbocycles. The summed E-state index contributed by atoms with van der Waals surface area (Å²) in [6, 6.07) is 0. The fraction of sp³-hybridized carbons (Fsp3) is 0.476. The highest BCUT2D eigenvalue weighted by Crippen LogP contribution is 2.30. The molecule has 4 nitrogen and oxygen atoms in total. The quantitative estimate of drug-likeness (QED) is 0.447. The molecule has 2 aromatic rings. The molecule has 0 N–H and O–H groups in total. The van der Waals surface area contributed by atoms with E-state index in [9.17, 15) is 9.59 Å². The van der Waals surface area contributed by atoms with Crippen molar-refractivity contribution >= 4 is 41.2 Å². The number of carbonyl (C=O) groups is 3. The Kier molecular flexibility index (Phi) is 11.0. The minimum absolute atomic E-state index is 0.191. The van der Waals surface area contributed by atoms with E-state index in [2.05, 4.69) is 40.0 Å². The van der Waals surface area contributed by atoms with Crippen molar-refractivity contribution < 1.29 is 19.1 Å². The third-order valence-corrected chi connectivity index (χ3v) is 6.20. The van der Waals surface area contributed by atoms with Gasteiger partial charge in [-0.1, -0.05) is 27.7 Å². The van der Waals surface area contributed by atoms with Crippen LogP contribution in [-0.4, -0.2) is 25.7 Å². The van der Waals surface area contributed by atoms with Crippen molar-refractivity contribution in [2.24, 2.45) is 0 Å². The summed E-state index contributed by atoms with van der Waals surface area (Å²) >= 11 is 3.03. The third kappa shape index (κ3) is 6.70. The minimum Gasteiger partial charge on any atom is -0.465 e. The van der Waals surface area contributed by atoms with Gasteiger partial charge in [0.25, 0.3) is 0 Å². The molecule has 0 bridgehead atoms. The molecule has 6 heteroatoms. The van der Waals surface area contributed by atoms with E-state index in [1.807, 2.05) is 19.1 Å². The van der Waals surface area contributed by atoms with Gasteiger partial charge in [-0.25, -0.2) is 4.79 Å². The standard InChI is InChI=1S/C10H14O2S.C10H14OS.CH2O/c1-6(2)8-7(3)5-13-9(8)10(11)12-4;1-6(2)9-7(3)5-12-10(9)8(4)11;1-2/h5-6H,1-4H3;5-6H,1-4H3;1H2. The number of esters is 1. The number of ketones is 1. The summed E-state index contributed by atoms with van der Waals surface area (Å²) in [5.41, 5.74) is 4.78. The van der Waals surface area contributed by atoms with E-state index in [1.54, 1.807) is 18.3 Å². The van der Waals surface area contributed by atoms with E-state index >= 15 is 0 Å². The maximum absolute atomic E-state index is 11.3. The van der Waals surface area contributed by atoms with Crippen LogP contribution in [0, 0.1) is 13.8 Å². The summed E-state index contributed by atoms with van der Waals surface area (Å²) < 4.78 is 4.71. The van der Waals surface area contributed by atoms with Gasteiger partial charge < -0.3 is 9.53 Å². The van der Waals surface area contributed by atoms with E-state index in [4.69, 9.17) is 9.53 Å². The van der Waals surface area contributed by atoms with Crippen molar-refractivity contribution in [3.8, 4) is 0 Å². The lowest BCUT2D eigenvalue weighted by Gasteiger charge is -2.06. The first-order chi connectivity index (χ1) is 12.6. The van der Waals surface area contributed by atoms with Gasteiger partial charge in [-0.15, -0.1) is 22.7 Å². The predicted molar refractivity (Wildman–Crippen MR) is 115 cm³/mol. The van der Waals surface area contributed by atoms with E-state index in [1.165, 1.54) is 35.1 Å². The van der Waals surface area contributed by atoms with E-state index in [0.717, 1.165) is 15.3 Å². The van der Waals surface area contributed by atoms with Crippen LogP contribution >= 0.6 is 22.7 Å². The molecule has 0 aliphatic rings. The van der Waals surface area contributed by atoms with Crippen LogP contribution in [0.5, 0.6) is 0 Å². The Balaban J connectivity index is 0.000000460. The van der Waals surface area contributed by atoms with Crippen LogP contribution in [0.2, 0.25) is 0 Å². The molecule has 27 heavy (non-hydrogen) atoms. The van der Waals surface area contributed by atoms with Crippen LogP contribution < -0.4 is 0 Å². The summed E-state index contributed by atoms with van der Waals surface area (Å²) in [6.45, 7) is 16.2. The predicted octanol–water partition coefficient (Wildman–Crippen LogP) is 6.16. The largest absolute Gasteiger partial charge is 0.465 e. The zero-order valence-corrected chi connectivity index (χ0v) is 19.1. The fourth-order valence-electron chi connectivity index (χ4n) is 2.87. The number of carbonyl (C=O) groups excluding carboxylic acids is 3. The van der Waals surface area contributed by atoms with Gasteiger partial charge in [-0.05, 0) is 65.6 Å². The maximum Gasteiger partial charge on any atom is 0.348 e. The SMILES string of the molecule is C=O.CC(=O)c1scc(C)c1C(C)C.COC(=O)c1scc(C)c1C(C)C. The number of methoxy groups -OCH3 is 1. The Hall–Kier alpha value is -1.79. The van der Waals surface area contributed by atoms with Crippen LogP contribution in [0.15, 0.2) is 10.8 Å². The zero-order chi connectivity index (χ0) is 21.3. The molecule has 0 radical (unpaired) electrons. The lowest BCUT2D eigenvalue weighted by Crippen LogP contribution is -2.03. The number of hydrogen-bond donors (Lipinski definition) is 0. The van der Waals surface area contributed by atoms with Gasteiger partial charge in [0.05, 0.1) is 12.0 Å². The van der Waals surface area contributed by atoms with Crippen molar-refractivity contribution in [3.63, 3.8) is 0 Å². The molecule has 0 aliphatic carbocycles. The Morgan fingerprint density at radius 2 is 1.26 bits per heavy atom. The van der Waals surface area contributed by atoms with E-state index in [-0.39, 0.29) is 11.8 Å². The molecule has 0 spiro atoms. The molecule has 2 rings (SSSR count). The first-order valence-electron chi connectivity index (χ1n) is 8.65. The van der Waals surface area contributed by atoms with Crippen LogP contribution in [0.3, 0.4) is 0 Å². The fourth-order valence-corrected chi connectivity index (χ4v) is 5.10. The summed E-state index contributed by atoms with van der Waals surface area (Å²) in [6.07, 6.45) is 0. The molecule has 2 aromatic heterocycles. The molecule has 2 heterocycles. The number of thiophene rings is 2. The number of Topliss-reactive ketones (excluding diaryl/α,β-unsaturated/α-hetero) is 1. The maximum atomic E-state index is 11.3. The molecule has 0 fully saturated rings. The first kappa shape index (κ1) is 25.2. The van der Waals surface area contributed by atoms with Crippen molar-refractivity contribution in [2.45, 2.75) is 60.3 Å². The lowest BCUT2D eigenvalue weighted by molar-refractivity contribution is -0.0980. The molecule has 150 valence electrons. The zero-order valence-electron chi connectivity index (χ0n) is 17.5. The van der Waals surface area contributed by atoms with E-state index < -0.39 is 0 Å². The summed E-state index contributed by atoms with van der Waals surface area (Å²) in [5.74, 6) is 0.800.